The number of aromatic nitrogens is 1. The van der Waals surface area contributed by atoms with Crippen molar-refractivity contribution in [3.8, 4) is 0 Å². The normalized spacial score (nSPS) is 12.4. The molecule has 0 aliphatic rings. The largest absolute Gasteiger partial charge is 0.350 e. The van der Waals surface area contributed by atoms with Crippen LogP contribution < -0.4 is 11.1 Å². The number of nitrogens with two attached hydrogens (primary N) is 1. The molecule has 5 nitrogen and oxygen atoms in total. The van der Waals surface area contributed by atoms with Gasteiger partial charge in [-0.3, -0.25) is 9.00 Å². The Bertz CT molecular complexity index is 379. The maximum Gasteiger partial charge on any atom is 0.270 e. The van der Waals surface area contributed by atoms with Crippen molar-refractivity contribution < 1.29 is 9.00 Å². The van der Waals surface area contributed by atoms with Crippen molar-refractivity contribution in [3.05, 3.63) is 16.1 Å². The molecule has 1 unspecified atom stereocenters. The summed E-state index contributed by atoms with van der Waals surface area (Å²) in [6.45, 7) is 2.61. The van der Waals surface area contributed by atoms with Crippen molar-refractivity contribution in [3.63, 3.8) is 0 Å². The van der Waals surface area contributed by atoms with Gasteiger partial charge in [0.05, 0.1) is 0 Å². The Morgan fingerprint density at radius 3 is 3.00 bits per heavy atom. The standard InChI is InChI=1S/C9H15N3O2S2/c1-2-16(14)4-3-11-9(13)7-6-15-8(5-10)12-7/h6H,2-5,10H2,1H3,(H,11,13). The first-order valence-electron chi connectivity index (χ1n) is 4.95. The molecule has 1 aromatic rings. The van der Waals surface area contributed by atoms with E-state index in [0.29, 0.717) is 30.3 Å². The van der Waals surface area contributed by atoms with Crippen molar-refractivity contribution in [1.29, 1.82) is 0 Å². The molecule has 0 aromatic carbocycles. The van der Waals surface area contributed by atoms with Gasteiger partial charge in [-0.25, -0.2) is 4.98 Å². The van der Waals surface area contributed by atoms with Crippen LogP contribution in [0.3, 0.4) is 0 Å². The highest BCUT2D eigenvalue weighted by Gasteiger charge is 2.09. The van der Waals surface area contributed by atoms with Crippen molar-refractivity contribution >= 4 is 28.0 Å². The lowest BCUT2D eigenvalue weighted by atomic mass is 10.4. The summed E-state index contributed by atoms with van der Waals surface area (Å²) in [5.74, 6) is 0.865. The minimum atomic E-state index is -0.849. The monoisotopic (exact) mass is 261 g/mol. The molecule has 0 spiro atoms. The van der Waals surface area contributed by atoms with Crippen molar-refractivity contribution in [2.75, 3.05) is 18.1 Å². The highest BCUT2D eigenvalue weighted by Crippen LogP contribution is 2.08. The minimum Gasteiger partial charge on any atom is -0.350 e. The van der Waals surface area contributed by atoms with E-state index < -0.39 is 10.8 Å². The second-order valence-electron chi connectivity index (χ2n) is 3.02. The van der Waals surface area contributed by atoms with Gasteiger partial charge < -0.3 is 11.1 Å². The first kappa shape index (κ1) is 13.3. The third-order valence-corrected chi connectivity index (χ3v) is 4.07. The van der Waals surface area contributed by atoms with Crippen LogP contribution in [-0.4, -0.2) is 33.2 Å². The van der Waals surface area contributed by atoms with Crippen LogP contribution in [0.15, 0.2) is 5.38 Å². The molecule has 0 saturated heterocycles. The summed E-state index contributed by atoms with van der Waals surface area (Å²) in [6, 6.07) is 0. The molecule has 0 aliphatic carbocycles. The average Bonchev–Trinajstić information content (AvgIpc) is 2.77. The molecular formula is C9H15N3O2S2. The molecule has 0 fully saturated rings. The van der Waals surface area contributed by atoms with E-state index in [0.717, 1.165) is 5.01 Å². The first-order valence-corrected chi connectivity index (χ1v) is 7.31. The molecule has 16 heavy (non-hydrogen) atoms. The van der Waals surface area contributed by atoms with E-state index >= 15 is 0 Å². The molecule has 0 saturated carbocycles. The van der Waals surface area contributed by atoms with Gasteiger partial charge in [-0.05, 0) is 0 Å². The van der Waals surface area contributed by atoms with Gasteiger partial charge in [0.2, 0.25) is 0 Å². The van der Waals surface area contributed by atoms with E-state index in [2.05, 4.69) is 10.3 Å². The fourth-order valence-corrected chi connectivity index (χ4v) is 2.30. The van der Waals surface area contributed by atoms with Crippen molar-refractivity contribution in [2.45, 2.75) is 13.5 Å². The topological polar surface area (TPSA) is 85.1 Å². The lowest BCUT2D eigenvalue weighted by molar-refractivity contribution is 0.0951. The number of hydrogen-bond acceptors (Lipinski definition) is 5. The second kappa shape index (κ2) is 6.72. The minimum absolute atomic E-state index is 0.232. The lowest BCUT2D eigenvalue weighted by Crippen LogP contribution is -2.28. The van der Waals surface area contributed by atoms with Crippen LogP contribution in [0.2, 0.25) is 0 Å². The molecular weight excluding hydrogens is 246 g/mol. The van der Waals surface area contributed by atoms with Crippen LogP contribution in [-0.2, 0) is 17.3 Å². The predicted octanol–water partition coefficient (Wildman–Crippen LogP) is 0.100. The van der Waals surface area contributed by atoms with Gasteiger partial charge in [-0.1, -0.05) is 6.92 Å². The molecule has 0 radical (unpaired) electrons. The summed E-state index contributed by atoms with van der Waals surface area (Å²) >= 11 is 1.37. The zero-order valence-electron chi connectivity index (χ0n) is 9.06. The maximum absolute atomic E-state index is 11.5. The molecule has 0 bridgehead atoms. The van der Waals surface area contributed by atoms with Gasteiger partial charge in [0.15, 0.2) is 0 Å². The van der Waals surface area contributed by atoms with Crippen LogP contribution in [0.4, 0.5) is 0 Å². The summed E-state index contributed by atoms with van der Waals surface area (Å²) in [5.41, 5.74) is 5.78. The number of amides is 1. The summed E-state index contributed by atoms with van der Waals surface area (Å²) in [6.07, 6.45) is 0. The van der Waals surface area contributed by atoms with E-state index in [4.69, 9.17) is 5.73 Å². The van der Waals surface area contributed by atoms with E-state index in [1.165, 1.54) is 11.3 Å². The van der Waals surface area contributed by atoms with Gasteiger partial charge in [-0.2, -0.15) is 0 Å². The fraction of sp³-hybridized carbons (Fsp3) is 0.556. The Kier molecular flexibility index (Phi) is 5.58. The van der Waals surface area contributed by atoms with E-state index in [9.17, 15) is 9.00 Å². The Morgan fingerprint density at radius 1 is 1.69 bits per heavy atom. The van der Waals surface area contributed by atoms with Gasteiger partial charge in [0, 0.05) is 40.8 Å². The number of nitrogens with one attached hydrogen (secondary N) is 1. The third-order valence-electron chi connectivity index (χ3n) is 1.90. The second-order valence-corrected chi connectivity index (χ2v) is 5.83. The number of carbonyl (C=O) groups excluding carboxylic acids is 1. The number of rotatable bonds is 6. The maximum atomic E-state index is 11.5. The quantitative estimate of drug-likeness (QED) is 0.760. The summed E-state index contributed by atoms with van der Waals surface area (Å²) in [7, 11) is -0.849. The van der Waals surface area contributed by atoms with Gasteiger partial charge in [-0.15, -0.1) is 11.3 Å². The zero-order valence-corrected chi connectivity index (χ0v) is 10.7. The Labute approximate surface area is 101 Å². The molecule has 3 N–H and O–H groups in total. The van der Waals surface area contributed by atoms with Gasteiger partial charge in [0.1, 0.15) is 10.7 Å². The summed E-state index contributed by atoms with van der Waals surface area (Å²) in [4.78, 5) is 15.6. The molecule has 1 amide bonds. The van der Waals surface area contributed by atoms with Crippen molar-refractivity contribution in [2.24, 2.45) is 5.73 Å². The van der Waals surface area contributed by atoms with E-state index in [-0.39, 0.29) is 5.91 Å². The Morgan fingerprint density at radius 2 is 2.44 bits per heavy atom. The van der Waals surface area contributed by atoms with Crippen LogP contribution in [0.5, 0.6) is 0 Å². The lowest BCUT2D eigenvalue weighted by Gasteiger charge is -2.01. The van der Waals surface area contributed by atoms with Crippen LogP contribution in [0.25, 0.3) is 0 Å². The fourth-order valence-electron chi connectivity index (χ4n) is 1.02. The molecule has 0 aliphatic heterocycles. The highest BCUT2D eigenvalue weighted by atomic mass is 32.2. The summed E-state index contributed by atoms with van der Waals surface area (Å²) < 4.78 is 11.1. The highest BCUT2D eigenvalue weighted by molar-refractivity contribution is 7.84. The third kappa shape index (κ3) is 3.99. The van der Waals surface area contributed by atoms with Crippen LogP contribution in [0, 0.1) is 0 Å². The number of thiazole rings is 1. The van der Waals surface area contributed by atoms with E-state index in [1.54, 1.807) is 5.38 Å². The number of carbonyl (C=O) groups is 1. The predicted molar refractivity (Wildman–Crippen MR) is 65.9 cm³/mol. The van der Waals surface area contributed by atoms with Crippen LogP contribution in [0.1, 0.15) is 22.4 Å². The molecule has 1 heterocycles. The smallest absolute Gasteiger partial charge is 0.270 e. The Balaban J connectivity index is 2.38. The molecule has 1 aromatic heterocycles. The van der Waals surface area contributed by atoms with Crippen LogP contribution >= 0.6 is 11.3 Å². The van der Waals surface area contributed by atoms with Crippen molar-refractivity contribution in [1.82, 2.24) is 10.3 Å². The molecule has 1 rings (SSSR count). The molecule has 1 atom stereocenters. The first-order chi connectivity index (χ1) is 7.67. The van der Waals surface area contributed by atoms with Gasteiger partial charge in [0.25, 0.3) is 5.91 Å². The van der Waals surface area contributed by atoms with E-state index in [1.807, 2.05) is 6.92 Å². The number of hydrogen-bond donors (Lipinski definition) is 2. The molecule has 90 valence electrons. The Hall–Kier alpha value is -0.790. The van der Waals surface area contributed by atoms with Gasteiger partial charge >= 0.3 is 0 Å². The average molecular weight is 261 g/mol. The SMILES string of the molecule is CCS(=O)CCNC(=O)c1csc(CN)n1. The molecule has 7 heteroatoms. The zero-order chi connectivity index (χ0) is 12.0. The number of nitrogens with zero attached hydrogens (tertiary/aromatic N) is 1. The summed E-state index contributed by atoms with van der Waals surface area (Å²) in [5, 5.41) is 5.09.